The summed E-state index contributed by atoms with van der Waals surface area (Å²) in [6, 6.07) is 8.08. The summed E-state index contributed by atoms with van der Waals surface area (Å²) in [7, 11) is 0. The highest BCUT2D eigenvalue weighted by atomic mass is 32.1. The summed E-state index contributed by atoms with van der Waals surface area (Å²) in [5.74, 6) is -1.68. The fourth-order valence-corrected chi connectivity index (χ4v) is 5.33. The average Bonchev–Trinajstić information content (AvgIpc) is 3.28. The Balaban J connectivity index is 1.84. The van der Waals surface area contributed by atoms with Gasteiger partial charge in [-0.05, 0) is 30.4 Å². The first-order valence-electron chi connectivity index (χ1n) is 11.8. The zero-order valence-electron chi connectivity index (χ0n) is 20.1. The Morgan fingerprint density at radius 2 is 2.11 bits per heavy atom. The minimum Gasteiger partial charge on any atom is -0.480 e. The molecule has 0 bridgehead atoms. The van der Waals surface area contributed by atoms with E-state index in [1.54, 1.807) is 32.0 Å². The number of carbonyl (C=O) groups excluding carboxylic acids is 1. The standard InChI is InChI=1S/C25H28N6O4S/c1-14(2)19(24(34)35)28-22(32)18-13-36-21-20(18)29-25(30-9-5-8-17(27)12-30)31(23(21)33)11-16-7-4-3-6-15(16)10-26/h3-4,6-7,13-14,17,19H,5,8-9,11-12,27H2,1-2H3,(H,28,32)(H,34,35)/t17-,19+/m1/s1. The average molecular weight is 509 g/mol. The van der Waals surface area contributed by atoms with E-state index in [-0.39, 0.29) is 39.8 Å². The summed E-state index contributed by atoms with van der Waals surface area (Å²) in [5, 5.41) is 23.1. The lowest BCUT2D eigenvalue weighted by atomic mass is 10.0. The maximum Gasteiger partial charge on any atom is 0.326 e. The van der Waals surface area contributed by atoms with Gasteiger partial charge in [-0.1, -0.05) is 32.0 Å². The first-order chi connectivity index (χ1) is 17.2. The molecule has 4 rings (SSSR count). The monoisotopic (exact) mass is 508 g/mol. The Morgan fingerprint density at radius 1 is 1.36 bits per heavy atom. The molecule has 0 spiro atoms. The van der Waals surface area contributed by atoms with Crippen LogP contribution in [-0.2, 0) is 11.3 Å². The number of rotatable bonds is 7. The number of carboxylic acids is 1. The van der Waals surface area contributed by atoms with E-state index >= 15 is 0 Å². The number of amides is 1. The van der Waals surface area contributed by atoms with Gasteiger partial charge in [-0.15, -0.1) is 11.3 Å². The van der Waals surface area contributed by atoms with E-state index in [9.17, 15) is 24.8 Å². The summed E-state index contributed by atoms with van der Waals surface area (Å²) in [5.41, 5.74) is 7.42. The smallest absolute Gasteiger partial charge is 0.326 e. The summed E-state index contributed by atoms with van der Waals surface area (Å²) in [6.07, 6.45) is 1.69. The third-order valence-electron chi connectivity index (χ3n) is 6.33. The summed E-state index contributed by atoms with van der Waals surface area (Å²) in [6.45, 7) is 4.70. The van der Waals surface area contributed by atoms with Crippen molar-refractivity contribution in [1.29, 1.82) is 5.26 Å². The second-order valence-electron chi connectivity index (χ2n) is 9.28. The van der Waals surface area contributed by atoms with Crippen LogP contribution in [0.5, 0.6) is 0 Å². The van der Waals surface area contributed by atoms with Gasteiger partial charge in [0.1, 0.15) is 16.3 Å². The molecule has 0 radical (unpaired) electrons. The number of carboxylic acid groups (broad SMARTS) is 1. The first kappa shape index (κ1) is 25.3. The lowest BCUT2D eigenvalue weighted by molar-refractivity contribution is -0.140. The van der Waals surface area contributed by atoms with Crippen LogP contribution in [0, 0.1) is 17.2 Å². The summed E-state index contributed by atoms with van der Waals surface area (Å²) < 4.78 is 1.82. The maximum atomic E-state index is 13.7. The van der Waals surface area contributed by atoms with Crippen molar-refractivity contribution in [3.8, 4) is 6.07 Å². The molecular formula is C25H28N6O4S. The first-order valence-corrected chi connectivity index (χ1v) is 12.6. The molecule has 1 amide bonds. The number of anilines is 1. The molecule has 1 aliphatic heterocycles. The number of benzene rings is 1. The second kappa shape index (κ2) is 10.5. The van der Waals surface area contributed by atoms with Crippen molar-refractivity contribution in [3.63, 3.8) is 0 Å². The second-order valence-corrected chi connectivity index (χ2v) is 10.2. The minimum absolute atomic E-state index is 0.0844. The van der Waals surface area contributed by atoms with Gasteiger partial charge in [-0.2, -0.15) is 5.26 Å². The van der Waals surface area contributed by atoms with Crippen LogP contribution in [0.4, 0.5) is 5.95 Å². The topological polar surface area (TPSA) is 154 Å². The number of nitrogens with two attached hydrogens (primary N) is 1. The van der Waals surface area contributed by atoms with Crippen molar-refractivity contribution >= 4 is 39.4 Å². The third kappa shape index (κ3) is 4.96. The third-order valence-corrected chi connectivity index (χ3v) is 7.29. The minimum atomic E-state index is -1.13. The van der Waals surface area contributed by atoms with E-state index in [4.69, 9.17) is 10.7 Å². The lowest BCUT2D eigenvalue weighted by Gasteiger charge is -2.33. The molecule has 10 nitrogen and oxygen atoms in total. The number of nitriles is 1. The van der Waals surface area contributed by atoms with Crippen molar-refractivity contribution in [2.24, 2.45) is 11.7 Å². The van der Waals surface area contributed by atoms with E-state index in [0.717, 1.165) is 24.2 Å². The predicted molar refractivity (Wildman–Crippen MR) is 137 cm³/mol. The highest BCUT2D eigenvalue weighted by Crippen LogP contribution is 2.27. The van der Waals surface area contributed by atoms with Gasteiger partial charge in [-0.25, -0.2) is 9.78 Å². The molecule has 1 aliphatic rings. The maximum absolute atomic E-state index is 13.7. The van der Waals surface area contributed by atoms with Crippen LogP contribution in [0.3, 0.4) is 0 Å². The van der Waals surface area contributed by atoms with Crippen LogP contribution < -0.4 is 21.5 Å². The Kier molecular flexibility index (Phi) is 7.37. The van der Waals surface area contributed by atoms with Gasteiger partial charge in [0, 0.05) is 24.5 Å². The number of aliphatic carboxylic acids is 1. The van der Waals surface area contributed by atoms with E-state index < -0.39 is 17.9 Å². The Morgan fingerprint density at radius 3 is 2.78 bits per heavy atom. The SMILES string of the molecule is CC(C)[C@H](NC(=O)c1csc2c(=O)n(Cc3ccccc3C#N)c(N3CCC[C@@H](N)C3)nc12)C(=O)O. The van der Waals surface area contributed by atoms with Crippen molar-refractivity contribution in [2.75, 3.05) is 18.0 Å². The summed E-state index contributed by atoms with van der Waals surface area (Å²) in [4.78, 5) is 45.1. The molecule has 1 fully saturated rings. The summed E-state index contributed by atoms with van der Waals surface area (Å²) >= 11 is 1.09. The molecule has 188 valence electrons. The zero-order valence-corrected chi connectivity index (χ0v) is 20.9. The van der Waals surface area contributed by atoms with Gasteiger partial charge in [-0.3, -0.25) is 14.2 Å². The van der Waals surface area contributed by atoms with Gasteiger partial charge in [0.05, 0.1) is 23.7 Å². The van der Waals surface area contributed by atoms with Gasteiger partial charge in [0.15, 0.2) is 0 Å². The molecule has 2 atom stereocenters. The number of hydrogen-bond acceptors (Lipinski definition) is 8. The highest BCUT2D eigenvalue weighted by molar-refractivity contribution is 7.17. The molecule has 1 saturated heterocycles. The van der Waals surface area contributed by atoms with Crippen molar-refractivity contribution in [1.82, 2.24) is 14.9 Å². The fourth-order valence-electron chi connectivity index (χ4n) is 4.40. The molecule has 1 aromatic carbocycles. The van der Waals surface area contributed by atoms with Gasteiger partial charge in [0.2, 0.25) is 5.95 Å². The zero-order chi connectivity index (χ0) is 26.0. The van der Waals surface area contributed by atoms with Crippen LogP contribution in [0.25, 0.3) is 10.2 Å². The number of piperidine rings is 1. The quantitative estimate of drug-likeness (QED) is 0.439. The number of nitrogens with zero attached hydrogens (tertiary/aromatic N) is 4. The number of hydrogen-bond donors (Lipinski definition) is 3. The highest BCUT2D eigenvalue weighted by Gasteiger charge is 2.28. The van der Waals surface area contributed by atoms with Crippen LogP contribution in [0.2, 0.25) is 0 Å². The van der Waals surface area contributed by atoms with Gasteiger partial charge in [0.25, 0.3) is 11.5 Å². The van der Waals surface area contributed by atoms with Crippen molar-refractivity contribution < 1.29 is 14.7 Å². The molecule has 4 N–H and O–H groups in total. The Hall–Kier alpha value is -3.75. The van der Waals surface area contributed by atoms with Crippen LogP contribution in [0.1, 0.15) is 48.2 Å². The molecule has 36 heavy (non-hydrogen) atoms. The van der Waals surface area contributed by atoms with Gasteiger partial charge < -0.3 is 21.1 Å². The van der Waals surface area contributed by atoms with Crippen LogP contribution in [-0.4, -0.2) is 51.7 Å². The van der Waals surface area contributed by atoms with E-state index in [1.807, 2.05) is 11.0 Å². The van der Waals surface area contributed by atoms with Crippen LogP contribution >= 0.6 is 11.3 Å². The molecular weight excluding hydrogens is 480 g/mol. The molecule has 3 heterocycles. The van der Waals surface area contributed by atoms with E-state index in [1.165, 1.54) is 9.95 Å². The normalized spacial score (nSPS) is 16.6. The number of thiophene rings is 1. The molecule has 2 aromatic heterocycles. The Bertz CT molecular complexity index is 1410. The molecule has 11 heteroatoms. The van der Waals surface area contributed by atoms with Gasteiger partial charge >= 0.3 is 5.97 Å². The molecule has 0 saturated carbocycles. The number of nitrogens with one attached hydrogen (secondary N) is 1. The van der Waals surface area contributed by atoms with Crippen molar-refractivity contribution in [3.05, 3.63) is 56.7 Å². The predicted octanol–water partition coefficient (Wildman–Crippen LogP) is 2.14. The van der Waals surface area contributed by atoms with Crippen LogP contribution in [0.15, 0.2) is 34.4 Å². The van der Waals surface area contributed by atoms with Crippen molar-refractivity contribution in [2.45, 2.75) is 45.3 Å². The molecule has 0 unspecified atom stereocenters. The fraction of sp³-hybridized carbons (Fsp3) is 0.400. The number of carbonyl (C=O) groups is 2. The van der Waals surface area contributed by atoms with E-state index in [2.05, 4.69) is 11.4 Å². The largest absolute Gasteiger partial charge is 0.480 e. The van der Waals surface area contributed by atoms with E-state index in [0.29, 0.717) is 30.2 Å². The molecule has 3 aromatic rings. The molecule has 0 aliphatic carbocycles. The Labute approximate surface area is 212 Å². The number of aromatic nitrogens is 2. The number of fused-ring (bicyclic) bond motifs is 1. The lowest BCUT2D eigenvalue weighted by Crippen LogP contribution is -2.45.